The number of carbonyl (C=O) groups is 1. The second-order valence-corrected chi connectivity index (χ2v) is 5.54. The fraction of sp³-hybridized carbons (Fsp3) is 0.650. The molecule has 0 spiro atoms. The number of rotatable bonds is 13. The highest BCUT2D eigenvalue weighted by Gasteiger charge is 1.95. The molecule has 0 saturated heterocycles. The lowest BCUT2D eigenvalue weighted by Crippen LogP contribution is -1.93. The first kappa shape index (κ1) is 20.5. The van der Waals surface area contributed by atoms with E-state index in [0.29, 0.717) is 6.42 Å². The van der Waals surface area contributed by atoms with Gasteiger partial charge in [-0.1, -0.05) is 62.8 Å². The third-order valence-corrected chi connectivity index (χ3v) is 3.37. The molecule has 0 aliphatic rings. The molecular formula is C20H32O2. The first-order chi connectivity index (χ1) is 10.8. The molecule has 1 N–H and O–H groups in total. The van der Waals surface area contributed by atoms with Gasteiger partial charge in [-0.15, -0.1) is 5.92 Å². The molecule has 22 heavy (non-hydrogen) atoms. The zero-order chi connectivity index (χ0) is 16.3. The largest absolute Gasteiger partial charge is 0.481 e. The van der Waals surface area contributed by atoms with Crippen molar-refractivity contribution in [3.8, 4) is 11.8 Å². The Kier molecular flexibility index (Phi) is 16.4. The monoisotopic (exact) mass is 304 g/mol. The van der Waals surface area contributed by atoms with Crippen LogP contribution in [0.25, 0.3) is 0 Å². The topological polar surface area (TPSA) is 37.3 Å². The molecule has 0 saturated carbocycles. The van der Waals surface area contributed by atoms with E-state index in [4.69, 9.17) is 5.11 Å². The first-order valence-electron chi connectivity index (χ1n) is 8.75. The van der Waals surface area contributed by atoms with Gasteiger partial charge in [0.15, 0.2) is 0 Å². The highest BCUT2D eigenvalue weighted by Crippen LogP contribution is 2.04. The van der Waals surface area contributed by atoms with Gasteiger partial charge in [0.25, 0.3) is 0 Å². The second-order valence-electron chi connectivity index (χ2n) is 5.54. The molecule has 0 unspecified atom stereocenters. The zero-order valence-corrected chi connectivity index (χ0v) is 14.2. The highest BCUT2D eigenvalue weighted by atomic mass is 16.4. The SMILES string of the molecule is CCCCCC=CCC=CCC#CCCCCCCC(=O)O. The van der Waals surface area contributed by atoms with Crippen LogP contribution in [0.4, 0.5) is 0 Å². The Bertz CT molecular complexity index is 369. The van der Waals surface area contributed by atoms with Crippen molar-refractivity contribution in [1.29, 1.82) is 0 Å². The van der Waals surface area contributed by atoms with Crippen molar-refractivity contribution in [2.45, 2.75) is 84.0 Å². The minimum absolute atomic E-state index is 0.295. The summed E-state index contributed by atoms with van der Waals surface area (Å²) in [5.74, 6) is 5.64. The van der Waals surface area contributed by atoms with Crippen molar-refractivity contribution in [2.75, 3.05) is 0 Å². The molecule has 0 aromatic heterocycles. The maximum Gasteiger partial charge on any atom is 0.303 e. The number of unbranched alkanes of at least 4 members (excludes halogenated alkanes) is 7. The van der Waals surface area contributed by atoms with Gasteiger partial charge in [-0.2, -0.15) is 0 Å². The molecule has 0 rings (SSSR count). The molecule has 2 heteroatoms. The van der Waals surface area contributed by atoms with Crippen LogP contribution in [0.5, 0.6) is 0 Å². The van der Waals surface area contributed by atoms with Crippen LogP contribution in [-0.2, 0) is 4.79 Å². The summed E-state index contributed by atoms with van der Waals surface area (Å²) < 4.78 is 0. The lowest BCUT2D eigenvalue weighted by molar-refractivity contribution is -0.137. The fourth-order valence-electron chi connectivity index (χ4n) is 2.05. The summed E-state index contributed by atoms with van der Waals surface area (Å²) in [5.41, 5.74) is 0. The molecule has 124 valence electrons. The lowest BCUT2D eigenvalue weighted by Gasteiger charge is -1.95. The molecule has 0 aromatic carbocycles. The summed E-state index contributed by atoms with van der Waals surface area (Å²) in [6.45, 7) is 2.23. The van der Waals surface area contributed by atoms with Crippen LogP contribution in [0.1, 0.15) is 84.0 Å². The Morgan fingerprint density at radius 1 is 0.909 bits per heavy atom. The number of hydrogen-bond donors (Lipinski definition) is 1. The Morgan fingerprint density at radius 3 is 2.45 bits per heavy atom. The van der Waals surface area contributed by atoms with Crippen LogP contribution in [0, 0.1) is 11.8 Å². The average molecular weight is 304 g/mol. The number of carboxylic acids is 1. The van der Waals surface area contributed by atoms with Crippen LogP contribution in [0.15, 0.2) is 24.3 Å². The molecule has 0 radical (unpaired) electrons. The third-order valence-electron chi connectivity index (χ3n) is 3.37. The predicted molar refractivity (Wildman–Crippen MR) is 94.8 cm³/mol. The summed E-state index contributed by atoms with van der Waals surface area (Å²) in [5, 5.41) is 8.51. The zero-order valence-electron chi connectivity index (χ0n) is 14.2. The van der Waals surface area contributed by atoms with E-state index >= 15 is 0 Å². The predicted octanol–water partition coefficient (Wildman–Crippen LogP) is 5.89. The maximum atomic E-state index is 10.3. The molecule has 0 aromatic rings. The molecule has 0 fully saturated rings. The van der Waals surface area contributed by atoms with Crippen molar-refractivity contribution >= 4 is 5.97 Å². The highest BCUT2D eigenvalue weighted by molar-refractivity contribution is 5.66. The minimum Gasteiger partial charge on any atom is -0.481 e. The summed E-state index contributed by atoms with van der Waals surface area (Å²) in [6.07, 6.45) is 21.0. The Hall–Kier alpha value is -1.49. The van der Waals surface area contributed by atoms with Crippen LogP contribution in [0.3, 0.4) is 0 Å². The van der Waals surface area contributed by atoms with Crippen LogP contribution < -0.4 is 0 Å². The van der Waals surface area contributed by atoms with Crippen molar-refractivity contribution in [3.05, 3.63) is 24.3 Å². The van der Waals surface area contributed by atoms with E-state index in [9.17, 15) is 4.79 Å². The summed E-state index contributed by atoms with van der Waals surface area (Å²) >= 11 is 0. The molecule has 0 bridgehead atoms. The summed E-state index contributed by atoms with van der Waals surface area (Å²) in [6, 6.07) is 0. The van der Waals surface area contributed by atoms with Crippen LogP contribution in [0.2, 0.25) is 0 Å². The van der Waals surface area contributed by atoms with E-state index in [1.807, 2.05) is 0 Å². The van der Waals surface area contributed by atoms with Gasteiger partial charge in [0.1, 0.15) is 0 Å². The number of aliphatic carboxylic acids is 1. The Labute approximate surface area is 136 Å². The first-order valence-corrected chi connectivity index (χ1v) is 8.75. The number of carboxylic acid groups (broad SMARTS) is 1. The number of hydrogen-bond acceptors (Lipinski definition) is 1. The summed E-state index contributed by atoms with van der Waals surface area (Å²) in [4.78, 5) is 10.3. The normalized spacial score (nSPS) is 11.0. The van der Waals surface area contributed by atoms with E-state index in [2.05, 4.69) is 43.1 Å². The van der Waals surface area contributed by atoms with Gasteiger partial charge >= 0.3 is 5.97 Å². The van der Waals surface area contributed by atoms with E-state index in [1.165, 1.54) is 25.7 Å². The van der Waals surface area contributed by atoms with E-state index in [0.717, 1.165) is 44.9 Å². The number of allylic oxidation sites excluding steroid dienone is 4. The molecule has 0 heterocycles. The Morgan fingerprint density at radius 2 is 1.68 bits per heavy atom. The van der Waals surface area contributed by atoms with Gasteiger partial charge < -0.3 is 5.11 Å². The third kappa shape index (κ3) is 18.5. The lowest BCUT2D eigenvalue weighted by atomic mass is 10.1. The quantitative estimate of drug-likeness (QED) is 0.262. The van der Waals surface area contributed by atoms with Gasteiger partial charge in [-0.25, -0.2) is 0 Å². The van der Waals surface area contributed by atoms with Gasteiger partial charge in [-0.05, 0) is 32.1 Å². The molecule has 2 nitrogen and oxygen atoms in total. The summed E-state index contributed by atoms with van der Waals surface area (Å²) in [7, 11) is 0. The van der Waals surface area contributed by atoms with Crippen LogP contribution in [-0.4, -0.2) is 11.1 Å². The second kappa shape index (κ2) is 17.6. The fourth-order valence-corrected chi connectivity index (χ4v) is 2.05. The molecule has 0 aliphatic carbocycles. The van der Waals surface area contributed by atoms with Crippen molar-refractivity contribution < 1.29 is 9.90 Å². The van der Waals surface area contributed by atoms with E-state index in [1.54, 1.807) is 0 Å². The van der Waals surface area contributed by atoms with Gasteiger partial charge in [-0.3, -0.25) is 4.79 Å². The maximum absolute atomic E-state index is 10.3. The van der Waals surface area contributed by atoms with Crippen molar-refractivity contribution in [3.63, 3.8) is 0 Å². The molecule has 0 amide bonds. The van der Waals surface area contributed by atoms with Crippen LogP contribution >= 0.6 is 0 Å². The molecular weight excluding hydrogens is 272 g/mol. The standard InChI is InChI=1S/C20H32O2/c1-2-3-4-5-6-7-8-9-10-11-12-13-14-15-16-17-18-19-20(21)22/h6-7,9-10H,2-5,8,11,14-19H2,1H3,(H,21,22). The molecule has 0 aliphatic heterocycles. The van der Waals surface area contributed by atoms with Gasteiger partial charge in [0.2, 0.25) is 0 Å². The van der Waals surface area contributed by atoms with Gasteiger partial charge in [0, 0.05) is 19.3 Å². The Balaban J connectivity index is 3.33. The average Bonchev–Trinajstić information content (AvgIpc) is 2.50. The minimum atomic E-state index is -0.692. The molecule has 0 atom stereocenters. The smallest absolute Gasteiger partial charge is 0.303 e. The van der Waals surface area contributed by atoms with E-state index < -0.39 is 5.97 Å². The van der Waals surface area contributed by atoms with E-state index in [-0.39, 0.29) is 0 Å². The van der Waals surface area contributed by atoms with Crippen molar-refractivity contribution in [2.24, 2.45) is 0 Å². The van der Waals surface area contributed by atoms with Crippen molar-refractivity contribution in [1.82, 2.24) is 0 Å². The van der Waals surface area contributed by atoms with Gasteiger partial charge in [0.05, 0.1) is 0 Å².